The van der Waals surface area contributed by atoms with Crippen molar-refractivity contribution in [2.45, 2.75) is 19.8 Å². The summed E-state index contributed by atoms with van der Waals surface area (Å²) in [4.78, 5) is 11.4. The summed E-state index contributed by atoms with van der Waals surface area (Å²) in [5.41, 5.74) is 6.66. The summed E-state index contributed by atoms with van der Waals surface area (Å²) in [6.07, 6.45) is 2.35. The smallest absolute Gasteiger partial charge is 0.257 e. The zero-order valence-electron chi connectivity index (χ0n) is 10.3. The van der Waals surface area contributed by atoms with E-state index in [1.165, 1.54) is 25.0 Å². The highest BCUT2D eigenvalue weighted by atomic mass is 19.1. The Hall–Kier alpha value is -1.78. The van der Waals surface area contributed by atoms with Gasteiger partial charge in [-0.05, 0) is 37.3 Å². The van der Waals surface area contributed by atoms with Gasteiger partial charge in [0, 0.05) is 18.3 Å². The number of hydrogen-bond donors (Lipinski definition) is 2. The average molecular weight is 252 g/mol. The fourth-order valence-electron chi connectivity index (χ4n) is 1.56. The number of anilines is 1. The fraction of sp³-hybridized carbons (Fsp3) is 0.462. The van der Waals surface area contributed by atoms with Crippen molar-refractivity contribution in [3.63, 3.8) is 0 Å². The fourth-order valence-corrected chi connectivity index (χ4v) is 1.56. The highest BCUT2D eigenvalue weighted by Crippen LogP contribution is 2.27. The van der Waals surface area contributed by atoms with Gasteiger partial charge < -0.3 is 15.8 Å². The van der Waals surface area contributed by atoms with Crippen LogP contribution < -0.4 is 15.8 Å². The first-order valence-electron chi connectivity index (χ1n) is 6.01. The Morgan fingerprint density at radius 3 is 2.94 bits per heavy atom. The molecule has 3 N–H and O–H groups in total. The molecule has 0 aliphatic heterocycles. The molecule has 1 aromatic rings. The summed E-state index contributed by atoms with van der Waals surface area (Å²) in [6, 6.07) is 2.70. The standard InChI is InChI=1S/C13H17FN2O2/c1-8-4-12(10(14)5-11(8)15)18-7-13(17)16-6-9-2-3-9/h4-5,9H,2-3,6-7,15H2,1H3,(H,16,17). The molecule has 0 bridgehead atoms. The van der Waals surface area contributed by atoms with Crippen molar-refractivity contribution < 1.29 is 13.9 Å². The second-order valence-corrected chi connectivity index (χ2v) is 4.68. The van der Waals surface area contributed by atoms with Crippen molar-refractivity contribution in [3.8, 4) is 5.75 Å². The van der Waals surface area contributed by atoms with Crippen LogP contribution in [0.15, 0.2) is 12.1 Å². The van der Waals surface area contributed by atoms with Gasteiger partial charge in [-0.25, -0.2) is 4.39 Å². The number of benzene rings is 1. The highest BCUT2D eigenvalue weighted by molar-refractivity contribution is 5.77. The molecule has 2 rings (SSSR count). The van der Waals surface area contributed by atoms with Gasteiger partial charge in [0.05, 0.1) is 0 Å². The van der Waals surface area contributed by atoms with Crippen LogP contribution in [-0.4, -0.2) is 19.1 Å². The molecular formula is C13H17FN2O2. The summed E-state index contributed by atoms with van der Waals surface area (Å²) in [5.74, 6) is -0.100. The minimum atomic E-state index is -0.548. The Labute approximate surface area is 105 Å². The Morgan fingerprint density at radius 2 is 2.28 bits per heavy atom. The summed E-state index contributed by atoms with van der Waals surface area (Å²) >= 11 is 0. The van der Waals surface area contributed by atoms with E-state index < -0.39 is 5.82 Å². The van der Waals surface area contributed by atoms with Gasteiger partial charge in [0.2, 0.25) is 0 Å². The molecule has 1 aromatic carbocycles. The molecule has 0 radical (unpaired) electrons. The van der Waals surface area contributed by atoms with Crippen LogP contribution in [0.4, 0.5) is 10.1 Å². The van der Waals surface area contributed by atoms with Gasteiger partial charge in [0.25, 0.3) is 5.91 Å². The van der Waals surface area contributed by atoms with E-state index in [-0.39, 0.29) is 18.3 Å². The number of aryl methyl sites for hydroxylation is 1. The van der Waals surface area contributed by atoms with Crippen LogP contribution in [-0.2, 0) is 4.79 Å². The maximum Gasteiger partial charge on any atom is 0.257 e. The van der Waals surface area contributed by atoms with Crippen molar-refractivity contribution in [1.82, 2.24) is 5.32 Å². The zero-order valence-corrected chi connectivity index (χ0v) is 10.3. The molecule has 1 aliphatic carbocycles. The van der Waals surface area contributed by atoms with Gasteiger partial charge in [-0.3, -0.25) is 4.79 Å². The van der Waals surface area contributed by atoms with Crippen LogP contribution in [0, 0.1) is 18.7 Å². The van der Waals surface area contributed by atoms with Gasteiger partial charge in [0.1, 0.15) is 0 Å². The summed E-state index contributed by atoms with van der Waals surface area (Å²) < 4.78 is 18.6. The van der Waals surface area contributed by atoms with Crippen LogP contribution in [0.25, 0.3) is 0 Å². The third-order valence-corrected chi connectivity index (χ3v) is 2.96. The lowest BCUT2D eigenvalue weighted by molar-refractivity contribution is -0.123. The summed E-state index contributed by atoms with van der Waals surface area (Å²) in [6.45, 7) is 2.27. The molecule has 0 heterocycles. The maximum atomic E-state index is 13.5. The monoisotopic (exact) mass is 252 g/mol. The van der Waals surface area contributed by atoms with E-state index in [2.05, 4.69) is 5.32 Å². The van der Waals surface area contributed by atoms with Crippen molar-refractivity contribution in [2.24, 2.45) is 5.92 Å². The quantitative estimate of drug-likeness (QED) is 0.783. The molecule has 0 atom stereocenters. The van der Waals surface area contributed by atoms with Crippen molar-refractivity contribution in [2.75, 3.05) is 18.9 Å². The lowest BCUT2D eigenvalue weighted by Gasteiger charge is -2.09. The van der Waals surface area contributed by atoms with Crippen LogP contribution in [0.2, 0.25) is 0 Å². The normalized spacial score (nSPS) is 14.3. The van der Waals surface area contributed by atoms with Crippen LogP contribution >= 0.6 is 0 Å². The second-order valence-electron chi connectivity index (χ2n) is 4.68. The molecule has 0 unspecified atom stereocenters. The molecule has 0 saturated heterocycles. The van der Waals surface area contributed by atoms with E-state index in [0.29, 0.717) is 18.2 Å². The molecule has 98 valence electrons. The SMILES string of the molecule is Cc1cc(OCC(=O)NCC2CC2)c(F)cc1N. The summed E-state index contributed by atoms with van der Waals surface area (Å²) in [5, 5.41) is 2.75. The predicted molar refractivity (Wildman–Crippen MR) is 66.8 cm³/mol. The van der Waals surface area contributed by atoms with E-state index in [9.17, 15) is 9.18 Å². The molecule has 1 saturated carbocycles. The van der Waals surface area contributed by atoms with Gasteiger partial charge in [-0.1, -0.05) is 0 Å². The molecule has 1 aliphatic rings. The van der Waals surface area contributed by atoms with E-state index in [1.807, 2.05) is 0 Å². The van der Waals surface area contributed by atoms with Crippen LogP contribution in [0.3, 0.4) is 0 Å². The number of ether oxygens (including phenoxy) is 1. The minimum absolute atomic E-state index is 0.0586. The van der Waals surface area contributed by atoms with Gasteiger partial charge in [-0.2, -0.15) is 0 Å². The van der Waals surface area contributed by atoms with Crippen molar-refractivity contribution in [1.29, 1.82) is 0 Å². The Kier molecular flexibility index (Phi) is 3.69. The molecule has 4 nitrogen and oxygen atoms in total. The Morgan fingerprint density at radius 1 is 1.56 bits per heavy atom. The number of nitrogens with two attached hydrogens (primary N) is 1. The lowest BCUT2D eigenvalue weighted by atomic mass is 10.2. The molecule has 0 aromatic heterocycles. The first kappa shape index (κ1) is 12.7. The van der Waals surface area contributed by atoms with Gasteiger partial charge >= 0.3 is 0 Å². The number of amides is 1. The Balaban J connectivity index is 1.84. The van der Waals surface area contributed by atoms with Crippen molar-refractivity contribution in [3.05, 3.63) is 23.5 Å². The number of rotatable bonds is 5. The van der Waals surface area contributed by atoms with Crippen LogP contribution in [0.1, 0.15) is 18.4 Å². The van der Waals surface area contributed by atoms with Gasteiger partial charge in [0.15, 0.2) is 18.2 Å². The topological polar surface area (TPSA) is 64.3 Å². The molecule has 5 heteroatoms. The Bertz CT molecular complexity index is 459. The third-order valence-electron chi connectivity index (χ3n) is 2.96. The van der Waals surface area contributed by atoms with E-state index in [1.54, 1.807) is 6.92 Å². The maximum absolute atomic E-state index is 13.5. The number of carbonyl (C=O) groups is 1. The van der Waals surface area contributed by atoms with E-state index in [4.69, 9.17) is 10.5 Å². The molecule has 18 heavy (non-hydrogen) atoms. The second kappa shape index (κ2) is 5.25. The van der Waals surface area contributed by atoms with E-state index in [0.717, 1.165) is 5.56 Å². The van der Waals surface area contributed by atoms with Crippen LogP contribution in [0.5, 0.6) is 5.75 Å². The van der Waals surface area contributed by atoms with Gasteiger partial charge in [-0.15, -0.1) is 0 Å². The first-order chi connectivity index (χ1) is 8.56. The number of carbonyl (C=O) groups excluding carboxylic acids is 1. The first-order valence-corrected chi connectivity index (χ1v) is 6.01. The lowest BCUT2D eigenvalue weighted by Crippen LogP contribution is -2.30. The number of nitrogen functional groups attached to an aromatic ring is 1. The number of nitrogens with one attached hydrogen (secondary N) is 1. The molecule has 1 amide bonds. The summed E-state index contributed by atoms with van der Waals surface area (Å²) in [7, 11) is 0. The number of hydrogen-bond acceptors (Lipinski definition) is 3. The van der Waals surface area contributed by atoms with E-state index >= 15 is 0 Å². The van der Waals surface area contributed by atoms with Crippen molar-refractivity contribution >= 4 is 11.6 Å². The number of halogens is 1. The zero-order chi connectivity index (χ0) is 13.1. The average Bonchev–Trinajstić information content (AvgIpc) is 3.13. The minimum Gasteiger partial charge on any atom is -0.481 e. The molecular weight excluding hydrogens is 235 g/mol. The molecule has 1 fully saturated rings. The largest absolute Gasteiger partial charge is 0.481 e. The predicted octanol–water partition coefficient (Wildman–Crippen LogP) is 1.62. The highest BCUT2D eigenvalue weighted by Gasteiger charge is 2.21. The third kappa shape index (κ3) is 3.35. The molecule has 0 spiro atoms.